The van der Waals surface area contributed by atoms with E-state index in [9.17, 15) is 14.4 Å². The van der Waals surface area contributed by atoms with Crippen LogP contribution in [0, 0.1) is 0 Å². The zero-order chi connectivity index (χ0) is 59.9. The molecule has 1 unspecified atom stereocenters. The summed E-state index contributed by atoms with van der Waals surface area (Å²) in [5.41, 5.74) is 0. The van der Waals surface area contributed by atoms with Gasteiger partial charge in [0.05, 0.1) is 0 Å². The lowest BCUT2D eigenvalue weighted by Crippen LogP contribution is -2.30. The molecule has 0 heterocycles. The van der Waals surface area contributed by atoms with Crippen molar-refractivity contribution in [3.8, 4) is 0 Å². The van der Waals surface area contributed by atoms with Gasteiger partial charge in [-0.2, -0.15) is 0 Å². The third kappa shape index (κ3) is 69.0. The van der Waals surface area contributed by atoms with Crippen LogP contribution in [0.1, 0.15) is 355 Å². The van der Waals surface area contributed by atoms with E-state index in [1.807, 2.05) is 0 Å². The smallest absolute Gasteiger partial charge is 0.306 e. The van der Waals surface area contributed by atoms with Gasteiger partial charge >= 0.3 is 17.9 Å². The summed E-state index contributed by atoms with van der Waals surface area (Å²) in [5, 5.41) is 0. The molecule has 0 saturated heterocycles. The molecular weight excluding hydrogens is 1020 g/mol. The van der Waals surface area contributed by atoms with Crippen LogP contribution in [-0.2, 0) is 28.6 Å². The molecule has 83 heavy (non-hydrogen) atoms. The Morgan fingerprint density at radius 1 is 0.253 bits per heavy atom. The average molecular weight is 1160 g/mol. The van der Waals surface area contributed by atoms with Gasteiger partial charge in [0.15, 0.2) is 6.10 Å². The van der Waals surface area contributed by atoms with Gasteiger partial charge in [0.1, 0.15) is 13.2 Å². The SMILES string of the molecule is CC/C=C\C/C=C\C/C=C\C/C=C\CCCCCCCCCCC(=O)OC(COC(=O)CCCCCCCCC/C=C\CCCCCCCC)COC(=O)CCCCCCCCCCCCCC/C=C\C/C=C\C/C=C\CCCCCCC. The van der Waals surface area contributed by atoms with E-state index in [1.54, 1.807) is 0 Å². The maximum atomic E-state index is 13.0. The van der Waals surface area contributed by atoms with Gasteiger partial charge in [0.2, 0.25) is 0 Å². The molecule has 0 amide bonds. The van der Waals surface area contributed by atoms with Crippen LogP contribution in [-0.4, -0.2) is 37.2 Å². The zero-order valence-electron chi connectivity index (χ0n) is 54.9. The van der Waals surface area contributed by atoms with Crippen LogP contribution in [0.5, 0.6) is 0 Å². The highest BCUT2D eigenvalue weighted by atomic mass is 16.6. The largest absolute Gasteiger partial charge is 0.462 e. The van der Waals surface area contributed by atoms with Crippen molar-refractivity contribution >= 4 is 17.9 Å². The molecule has 0 fully saturated rings. The van der Waals surface area contributed by atoms with Crippen molar-refractivity contribution in [1.82, 2.24) is 0 Å². The fourth-order valence-corrected chi connectivity index (χ4v) is 10.2. The molecule has 0 aliphatic heterocycles. The Bertz CT molecular complexity index is 1610. The van der Waals surface area contributed by atoms with Crippen molar-refractivity contribution in [2.45, 2.75) is 361 Å². The minimum Gasteiger partial charge on any atom is -0.462 e. The fourth-order valence-electron chi connectivity index (χ4n) is 10.2. The molecule has 0 rings (SSSR count). The van der Waals surface area contributed by atoms with E-state index < -0.39 is 6.10 Å². The number of hydrogen-bond acceptors (Lipinski definition) is 6. The second kappa shape index (κ2) is 70.8. The van der Waals surface area contributed by atoms with Gasteiger partial charge in [-0.3, -0.25) is 14.4 Å². The topological polar surface area (TPSA) is 78.9 Å². The van der Waals surface area contributed by atoms with Crippen molar-refractivity contribution in [1.29, 1.82) is 0 Å². The molecule has 6 heteroatoms. The Kier molecular flexibility index (Phi) is 67.7. The first-order chi connectivity index (χ1) is 41.0. The van der Waals surface area contributed by atoms with E-state index in [0.717, 1.165) is 103 Å². The van der Waals surface area contributed by atoms with Crippen LogP contribution < -0.4 is 0 Å². The van der Waals surface area contributed by atoms with Crippen molar-refractivity contribution in [2.24, 2.45) is 0 Å². The van der Waals surface area contributed by atoms with Gasteiger partial charge in [-0.1, -0.05) is 311 Å². The molecule has 0 bridgehead atoms. The molecule has 0 aromatic rings. The van der Waals surface area contributed by atoms with E-state index in [-0.39, 0.29) is 31.1 Å². The lowest BCUT2D eigenvalue weighted by Gasteiger charge is -2.18. The summed E-state index contributed by atoms with van der Waals surface area (Å²) in [5.74, 6) is -0.879. The predicted octanol–water partition coefficient (Wildman–Crippen LogP) is 24.8. The average Bonchev–Trinajstić information content (AvgIpc) is 3.50. The highest BCUT2D eigenvalue weighted by Gasteiger charge is 2.19. The summed E-state index contributed by atoms with van der Waals surface area (Å²) < 4.78 is 17.0. The van der Waals surface area contributed by atoms with Crippen molar-refractivity contribution < 1.29 is 28.6 Å². The lowest BCUT2D eigenvalue weighted by atomic mass is 10.0. The van der Waals surface area contributed by atoms with Crippen molar-refractivity contribution in [2.75, 3.05) is 13.2 Å². The van der Waals surface area contributed by atoms with Gasteiger partial charge in [-0.15, -0.1) is 0 Å². The monoisotopic (exact) mass is 1160 g/mol. The van der Waals surface area contributed by atoms with Crippen molar-refractivity contribution in [3.05, 3.63) is 97.2 Å². The summed E-state index contributed by atoms with van der Waals surface area (Å²) in [6.45, 7) is 6.54. The summed E-state index contributed by atoms with van der Waals surface area (Å²) >= 11 is 0. The zero-order valence-corrected chi connectivity index (χ0v) is 54.9. The highest BCUT2D eigenvalue weighted by Crippen LogP contribution is 2.17. The van der Waals surface area contributed by atoms with E-state index >= 15 is 0 Å². The van der Waals surface area contributed by atoms with Gasteiger partial charge < -0.3 is 14.2 Å². The minimum absolute atomic E-state index is 0.0816. The summed E-state index contributed by atoms with van der Waals surface area (Å²) in [6, 6.07) is 0. The number of ether oxygens (including phenoxy) is 3. The predicted molar refractivity (Wildman–Crippen MR) is 362 cm³/mol. The number of carbonyl (C=O) groups excluding carboxylic acids is 3. The first-order valence-corrected chi connectivity index (χ1v) is 35.7. The lowest BCUT2D eigenvalue weighted by molar-refractivity contribution is -0.167. The summed E-state index contributed by atoms with van der Waals surface area (Å²) in [4.78, 5) is 38.5. The molecule has 0 spiro atoms. The van der Waals surface area contributed by atoms with Crippen molar-refractivity contribution in [3.63, 3.8) is 0 Å². The Balaban J connectivity index is 4.35. The first-order valence-electron chi connectivity index (χ1n) is 35.7. The molecule has 0 radical (unpaired) electrons. The molecule has 6 nitrogen and oxygen atoms in total. The van der Waals surface area contributed by atoms with Crippen LogP contribution in [0.2, 0.25) is 0 Å². The van der Waals surface area contributed by atoms with E-state index in [0.29, 0.717) is 19.3 Å². The normalized spacial score (nSPS) is 12.7. The standard InChI is InChI=1S/C77H134O6/c1-4-7-10-13-16-19-22-25-28-31-33-35-36-37-38-39-40-42-43-46-49-52-55-58-61-64-67-70-76(79)82-73-74(72-81-75(78)69-66-63-60-57-54-51-48-45-30-27-24-21-18-15-12-9-6-3)83-77(80)71-68-65-62-59-56-53-50-47-44-41-34-32-29-26-23-20-17-14-11-8-5-2/h8,11,17,20,22,25-27,29-31,33-34,36-37,41,74H,4-7,9-10,12-16,18-19,21,23-24,28,32,35,38-40,42-73H2,1-3H3/b11-8-,20-17-,25-22-,29-26-,30-27-,33-31-,37-36-,41-34-. The molecule has 0 aliphatic carbocycles. The number of carbonyl (C=O) groups is 3. The van der Waals surface area contributed by atoms with Crippen LogP contribution in [0.25, 0.3) is 0 Å². The number of rotatable bonds is 65. The highest BCUT2D eigenvalue weighted by molar-refractivity contribution is 5.71. The van der Waals surface area contributed by atoms with Gasteiger partial charge in [0, 0.05) is 19.3 Å². The van der Waals surface area contributed by atoms with E-state index in [2.05, 4.69) is 118 Å². The van der Waals surface area contributed by atoms with Gasteiger partial charge in [-0.05, 0) is 122 Å². The molecule has 0 aromatic heterocycles. The Morgan fingerprint density at radius 3 is 0.747 bits per heavy atom. The van der Waals surface area contributed by atoms with Crippen LogP contribution in [0.3, 0.4) is 0 Å². The maximum Gasteiger partial charge on any atom is 0.306 e. The quantitative estimate of drug-likeness (QED) is 0.0261. The molecule has 0 aromatic carbocycles. The molecule has 0 N–H and O–H groups in total. The Morgan fingerprint density at radius 2 is 0.470 bits per heavy atom. The molecule has 478 valence electrons. The number of esters is 3. The number of unbranched alkanes of at least 4 members (excludes halogenated alkanes) is 38. The number of allylic oxidation sites excluding steroid dienone is 16. The minimum atomic E-state index is -0.787. The van der Waals surface area contributed by atoms with E-state index in [1.165, 1.54) is 212 Å². The second-order valence-corrected chi connectivity index (χ2v) is 23.8. The van der Waals surface area contributed by atoms with E-state index in [4.69, 9.17) is 14.2 Å². The first kappa shape index (κ1) is 79.3. The molecule has 0 saturated carbocycles. The van der Waals surface area contributed by atoms with Gasteiger partial charge in [-0.25, -0.2) is 0 Å². The van der Waals surface area contributed by atoms with Gasteiger partial charge in [0.25, 0.3) is 0 Å². The van der Waals surface area contributed by atoms with Crippen LogP contribution in [0.15, 0.2) is 97.2 Å². The molecular formula is C77H134O6. The maximum absolute atomic E-state index is 13.0. The third-order valence-electron chi connectivity index (χ3n) is 15.5. The Hall–Kier alpha value is -3.67. The van der Waals surface area contributed by atoms with Crippen LogP contribution >= 0.6 is 0 Å². The second-order valence-electron chi connectivity index (χ2n) is 23.8. The Labute approximate surface area is 515 Å². The molecule has 1 atom stereocenters. The van der Waals surface area contributed by atoms with Crippen LogP contribution in [0.4, 0.5) is 0 Å². The summed E-state index contributed by atoms with van der Waals surface area (Å²) in [7, 11) is 0. The number of hydrogen-bond donors (Lipinski definition) is 0. The molecule has 0 aliphatic rings. The fraction of sp³-hybridized carbons (Fsp3) is 0.753. The third-order valence-corrected chi connectivity index (χ3v) is 15.5. The summed E-state index contributed by atoms with van der Waals surface area (Å²) in [6.07, 6.45) is 95.7.